The van der Waals surface area contributed by atoms with Crippen LogP contribution in [0.3, 0.4) is 0 Å². The van der Waals surface area contributed by atoms with Crippen molar-refractivity contribution in [1.82, 2.24) is 0 Å². The Kier molecular flexibility index (Phi) is 3.32. The number of ether oxygens (including phenoxy) is 1. The number of rotatable bonds is 3. The molecule has 0 rings (SSSR count). The Bertz CT molecular complexity index is 91.6. The van der Waals surface area contributed by atoms with E-state index in [2.05, 4.69) is 0 Å². The fourth-order valence-corrected chi connectivity index (χ4v) is 0.320. The summed E-state index contributed by atoms with van der Waals surface area (Å²) in [6.07, 6.45) is 3.47. The molecule has 2 nitrogen and oxygen atoms in total. The lowest BCUT2D eigenvalue weighted by molar-refractivity contribution is 0.266. The van der Waals surface area contributed by atoms with E-state index in [9.17, 15) is 0 Å². The second kappa shape index (κ2) is 3.51. The van der Waals surface area contributed by atoms with Crippen LogP contribution in [0.1, 0.15) is 20.8 Å². The van der Waals surface area contributed by atoms with Gasteiger partial charge in [0.1, 0.15) is 0 Å². The van der Waals surface area contributed by atoms with Crippen LogP contribution >= 0.6 is 0 Å². The zero-order chi connectivity index (χ0) is 7.33. The summed E-state index contributed by atoms with van der Waals surface area (Å²) in [6.45, 7) is 6.48. The van der Waals surface area contributed by atoms with Crippen LogP contribution in [0.5, 0.6) is 0 Å². The van der Waals surface area contributed by atoms with Gasteiger partial charge >= 0.3 is 0 Å². The summed E-state index contributed by atoms with van der Waals surface area (Å²) in [4.78, 5) is 0. The van der Waals surface area contributed by atoms with Gasteiger partial charge in [-0.2, -0.15) is 0 Å². The molecule has 0 saturated heterocycles. The van der Waals surface area contributed by atoms with Crippen LogP contribution in [0, 0.1) is 0 Å². The molecule has 2 heteroatoms. The molecule has 0 aromatic carbocycles. The van der Waals surface area contributed by atoms with Gasteiger partial charge in [0.05, 0.1) is 12.9 Å². The SMILES string of the molecule is CCOC=CC(C)(C)N. The molecule has 0 atom stereocenters. The van der Waals surface area contributed by atoms with E-state index in [1.165, 1.54) is 0 Å². The smallest absolute Gasteiger partial charge is 0.0845 e. The lowest BCUT2D eigenvalue weighted by atomic mass is 10.1. The fourth-order valence-electron chi connectivity index (χ4n) is 0.320. The molecule has 0 radical (unpaired) electrons. The second-order valence-electron chi connectivity index (χ2n) is 2.58. The van der Waals surface area contributed by atoms with E-state index in [4.69, 9.17) is 10.5 Å². The van der Waals surface area contributed by atoms with Crippen molar-refractivity contribution in [3.05, 3.63) is 12.3 Å². The first-order valence-corrected chi connectivity index (χ1v) is 3.14. The maximum atomic E-state index is 5.61. The van der Waals surface area contributed by atoms with Gasteiger partial charge in [-0.15, -0.1) is 0 Å². The maximum absolute atomic E-state index is 5.61. The van der Waals surface area contributed by atoms with Crippen molar-refractivity contribution in [2.24, 2.45) is 5.73 Å². The molecule has 0 spiro atoms. The summed E-state index contributed by atoms with van der Waals surface area (Å²) in [5.74, 6) is 0. The van der Waals surface area contributed by atoms with Crippen molar-refractivity contribution >= 4 is 0 Å². The van der Waals surface area contributed by atoms with Gasteiger partial charge in [0.25, 0.3) is 0 Å². The molecule has 0 aromatic heterocycles. The van der Waals surface area contributed by atoms with Crippen molar-refractivity contribution in [3.63, 3.8) is 0 Å². The zero-order valence-electron chi connectivity index (χ0n) is 6.35. The predicted octanol–water partition coefficient (Wildman–Crippen LogP) is 1.27. The molecule has 0 aromatic rings. The zero-order valence-corrected chi connectivity index (χ0v) is 6.35. The van der Waals surface area contributed by atoms with Gasteiger partial charge in [-0.05, 0) is 26.8 Å². The molecular formula is C7H15NO. The normalized spacial score (nSPS) is 12.4. The van der Waals surface area contributed by atoms with Crippen LogP contribution in [0.25, 0.3) is 0 Å². The molecule has 0 saturated carbocycles. The topological polar surface area (TPSA) is 35.2 Å². The Morgan fingerprint density at radius 2 is 2.11 bits per heavy atom. The van der Waals surface area contributed by atoms with E-state index < -0.39 is 0 Å². The molecular weight excluding hydrogens is 114 g/mol. The highest BCUT2D eigenvalue weighted by Gasteiger charge is 2.02. The van der Waals surface area contributed by atoms with Gasteiger partial charge in [0.2, 0.25) is 0 Å². The minimum Gasteiger partial charge on any atom is -0.502 e. The van der Waals surface area contributed by atoms with Crippen LogP contribution in [-0.2, 0) is 4.74 Å². The molecule has 0 unspecified atom stereocenters. The highest BCUT2D eigenvalue weighted by atomic mass is 16.5. The second-order valence-corrected chi connectivity index (χ2v) is 2.58. The first kappa shape index (κ1) is 8.50. The summed E-state index contributed by atoms with van der Waals surface area (Å²) < 4.78 is 4.95. The minimum absolute atomic E-state index is 0.255. The Labute approximate surface area is 56.7 Å². The van der Waals surface area contributed by atoms with Crippen LogP contribution in [0.4, 0.5) is 0 Å². The molecule has 0 aliphatic carbocycles. The summed E-state index contributed by atoms with van der Waals surface area (Å²) in [5, 5.41) is 0. The van der Waals surface area contributed by atoms with Crippen LogP contribution in [0.2, 0.25) is 0 Å². The van der Waals surface area contributed by atoms with Gasteiger partial charge in [0, 0.05) is 5.54 Å². The Balaban J connectivity index is 3.45. The van der Waals surface area contributed by atoms with E-state index in [-0.39, 0.29) is 5.54 Å². The van der Waals surface area contributed by atoms with Crippen molar-refractivity contribution in [2.45, 2.75) is 26.3 Å². The number of hydrogen-bond donors (Lipinski definition) is 1. The molecule has 0 fully saturated rings. The molecule has 0 amide bonds. The van der Waals surface area contributed by atoms with E-state index in [0.29, 0.717) is 6.61 Å². The van der Waals surface area contributed by atoms with E-state index in [0.717, 1.165) is 0 Å². The molecule has 0 bridgehead atoms. The Morgan fingerprint density at radius 3 is 2.44 bits per heavy atom. The number of nitrogens with two attached hydrogens (primary N) is 1. The lowest BCUT2D eigenvalue weighted by Crippen LogP contribution is -2.28. The van der Waals surface area contributed by atoms with Gasteiger partial charge in [-0.25, -0.2) is 0 Å². The third kappa shape index (κ3) is 7.50. The van der Waals surface area contributed by atoms with Gasteiger partial charge < -0.3 is 10.5 Å². The number of hydrogen-bond acceptors (Lipinski definition) is 2. The Hall–Kier alpha value is -0.500. The van der Waals surface area contributed by atoms with Crippen LogP contribution < -0.4 is 5.73 Å². The standard InChI is InChI=1S/C7H15NO/c1-4-9-6-5-7(2,3)8/h5-6H,4,8H2,1-3H3. The average Bonchev–Trinajstić information content (AvgIpc) is 1.63. The van der Waals surface area contributed by atoms with Gasteiger partial charge in [-0.3, -0.25) is 0 Å². The van der Waals surface area contributed by atoms with Crippen molar-refractivity contribution in [2.75, 3.05) is 6.61 Å². The summed E-state index contributed by atoms with van der Waals surface area (Å²) in [7, 11) is 0. The van der Waals surface area contributed by atoms with Crippen molar-refractivity contribution in [3.8, 4) is 0 Å². The van der Waals surface area contributed by atoms with Crippen LogP contribution in [0.15, 0.2) is 12.3 Å². The molecule has 2 N–H and O–H groups in total. The highest BCUT2D eigenvalue weighted by Crippen LogP contribution is 1.97. The largest absolute Gasteiger partial charge is 0.502 e. The molecule has 9 heavy (non-hydrogen) atoms. The van der Waals surface area contributed by atoms with E-state index in [1.54, 1.807) is 6.26 Å². The predicted molar refractivity (Wildman–Crippen MR) is 39.0 cm³/mol. The fraction of sp³-hybridized carbons (Fsp3) is 0.714. The maximum Gasteiger partial charge on any atom is 0.0845 e. The molecule has 0 aliphatic heterocycles. The average molecular weight is 129 g/mol. The van der Waals surface area contributed by atoms with Gasteiger partial charge in [-0.1, -0.05) is 0 Å². The van der Waals surface area contributed by atoms with Gasteiger partial charge in [0.15, 0.2) is 0 Å². The van der Waals surface area contributed by atoms with Crippen molar-refractivity contribution in [1.29, 1.82) is 0 Å². The molecule has 0 heterocycles. The summed E-state index contributed by atoms with van der Waals surface area (Å²) in [6, 6.07) is 0. The quantitative estimate of drug-likeness (QED) is 0.582. The van der Waals surface area contributed by atoms with E-state index >= 15 is 0 Å². The molecule has 0 aliphatic rings. The lowest BCUT2D eigenvalue weighted by Gasteiger charge is -2.10. The Morgan fingerprint density at radius 1 is 1.56 bits per heavy atom. The summed E-state index contributed by atoms with van der Waals surface area (Å²) in [5.41, 5.74) is 5.35. The summed E-state index contributed by atoms with van der Waals surface area (Å²) >= 11 is 0. The molecule has 54 valence electrons. The van der Waals surface area contributed by atoms with E-state index in [1.807, 2.05) is 26.8 Å². The first-order valence-electron chi connectivity index (χ1n) is 3.14. The van der Waals surface area contributed by atoms with Crippen LogP contribution in [-0.4, -0.2) is 12.1 Å². The highest BCUT2D eigenvalue weighted by molar-refractivity contribution is 4.94. The van der Waals surface area contributed by atoms with Crippen molar-refractivity contribution < 1.29 is 4.74 Å². The monoisotopic (exact) mass is 129 g/mol. The minimum atomic E-state index is -0.255. The first-order chi connectivity index (χ1) is 4.06. The third-order valence-electron chi connectivity index (χ3n) is 0.760. The third-order valence-corrected chi connectivity index (χ3v) is 0.760.